The molecule has 0 aliphatic carbocycles. The molecule has 7 nitrogen and oxygen atoms in total. The Hall–Kier alpha value is -6.34. The molecule has 2 atom stereocenters. The van der Waals surface area contributed by atoms with Gasteiger partial charge in [-0.3, -0.25) is 9.59 Å². The summed E-state index contributed by atoms with van der Waals surface area (Å²) in [4.78, 5) is 25.6. The van der Waals surface area contributed by atoms with E-state index in [1.165, 1.54) is 0 Å². The number of nitrogens with one attached hydrogen (secondary N) is 2. The number of carbonyl (C=O) groups is 2. The lowest BCUT2D eigenvalue weighted by Crippen LogP contribution is -2.30. The molecule has 244 valence electrons. The van der Waals surface area contributed by atoms with Crippen LogP contribution < -0.4 is 24.8 Å². The van der Waals surface area contributed by atoms with Gasteiger partial charge in [-0.05, 0) is 109 Å². The minimum Gasteiger partial charge on any atom is -0.481 e. The quantitative estimate of drug-likeness (QED) is 0.138. The van der Waals surface area contributed by atoms with Crippen LogP contribution in [0.3, 0.4) is 0 Å². The minimum atomic E-state index is -0.696. The lowest BCUT2D eigenvalue weighted by atomic mass is 10.1. The van der Waals surface area contributed by atoms with Gasteiger partial charge >= 0.3 is 0 Å². The molecule has 6 aromatic carbocycles. The van der Waals surface area contributed by atoms with Crippen LogP contribution in [0.15, 0.2) is 158 Å². The first-order valence-electron chi connectivity index (χ1n) is 16.0. The molecule has 6 rings (SSSR count). The van der Waals surface area contributed by atoms with Gasteiger partial charge in [0.05, 0.1) is 0 Å². The first-order valence-corrected chi connectivity index (χ1v) is 16.0. The van der Waals surface area contributed by atoms with E-state index in [2.05, 4.69) is 10.6 Å². The second-order valence-corrected chi connectivity index (χ2v) is 11.4. The van der Waals surface area contributed by atoms with Crippen LogP contribution in [0.4, 0.5) is 11.4 Å². The van der Waals surface area contributed by atoms with E-state index in [-0.39, 0.29) is 11.8 Å². The number of amides is 2. The molecule has 2 N–H and O–H groups in total. The molecular weight excluding hydrogens is 612 g/mol. The van der Waals surface area contributed by atoms with E-state index in [1.54, 1.807) is 62.4 Å². The van der Waals surface area contributed by atoms with Crippen molar-refractivity contribution in [1.82, 2.24) is 0 Å². The average Bonchev–Trinajstić information content (AvgIpc) is 3.14. The standard InChI is InChI=1S/C42H36N2O5/c1-29(47-37-21-13-33(14-22-37)31-9-5-3-6-10-31)41(45)43-35-17-25-39(26-18-35)49-40-27-19-36(20-28-40)44-42(46)30(2)48-38-23-15-34(16-24-38)32-11-7-4-8-12-32/h3-30H,1-2H3,(H,43,45)(H,44,46). The van der Waals surface area contributed by atoms with Crippen molar-refractivity contribution in [1.29, 1.82) is 0 Å². The van der Waals surface area contributed by atoms with E-state index >= 15 is 0 Å². The summed E-state index contributed by atoms with van der Waals surface area (Å²) in [5.41, 5.74) is 5.63. The van der Waals surface area contributed by atoms with E-state index in [1.807, 2.05) is 109 Å². The summed E-state index contributed by atoms with van der Waals surface area (Å²) in [5.74, 6) is 1.89. The molecule has 0 aliphatic rings. The molecule has 2 amide bonds. The Bertz CT molecular complexity index is 1820. The van der Waals surface area contributed by atoms with E-state index in [9.17, 15) is 9.59 Å². The lowest BCUT2D eigenvalue weighted by Gasteiger charge is -2.16. The monoisotopic (exact) mass is 648 g/mol. The third-order valence-electron chi connectivity index (χ3n) is 7.77. The number of carbonyl (C=O) groups excluding carboxylic acids is 2. The Kier molecular flexibility index (Phi) is 10.3. The maximum absolute atomic E-state index is 12.8. The summed E-state index contributed by atoms with van der Waals surface area (Å²) in [6.07, 6.45) is -1.39. The molecule has 0 saturated heterocycles. The van der Waals surface area contributed by atoms with Crippen molar-refractivity contribution in [3.8, 4) is 45.3 Å². The number of anilines is 2. The molecule has 0 spiro atoms. The summed E-state index contributed by atoms with van der Waals surface area (Å²) in [6, 6.07) is 49.6. The zero-order valence-corrected chi connectivity index (χ0v) is 27.2. The zero-order valence-electron chi connectivity index (χ0n) is 27.2. The third kappa shape index (κ3) is 8.93. The SMILES string of the molecule is CC(Oc1ccc(-c2ccccc2)cc1)C(=O)Nc1ccc(Oc2ccc(NC(=O)C(C)Oc3ccc(-c4ccccc4)cc3)cc2)cc1. The van der Waals surface area contributed by atoms with Crippen LogP contribution in [0.25, 0.3) is 22.3 Å². The van der Waals surface area contributed by atoms with E-state index in [4.69, 9.17) is 14.2 Å². The van der Waals surface area contributed by atoms with Crippen LogP contribution in [0.1, 0.15) is 13.8 Å². The van der Waals surface area contributed by atoms with Crippen molar-refractivity contribution in [2.24, 2.45) is 0 Å². The van der Waals surface area contributed by atoms with Crippen LogP contribution in [0, 0.1) is 0 Å². The fourth-order valence-corrected chi connectivity index (χ4v) is 5.06. The maximum Gasteiger partial charge on any atom is 0.265 e. The molecule has 0 saturated carbocycles. The molecule has 0 heterocycles. The van der Waals surface area contributed by atoms with Gasteiger partial charge in [-0.15, -0.1) is 0 Å². The number of rotatable bonds is 12. The third-order valence-corrected chi connectivity index (χ3v) is 7.77. The summed E-state index contributed by atoms with van der Waals surface area (Å²) in [7, 11) is 0. The predicted octanol–water partition coefficient (Wildman–Crippen LogP) is 9.62. The molecule has 2 unspecified atom stereocenters. The number of hydrogen-bond donors (Lipinski definition) is 2. The van der Waals surface area contributed by atoms with Gasteiger partial charge < -0.3 is 24.8 Å². The number of hydrogen-bond acceptors (Lipinski definition) is 5. The van der Waals surface area contributed by atoms with E-state index < -0.39 is 12.2 Å². The number of ether oxygens (including phenoxy) is 3. The molecular formula is C42H36N2O5. The smallest absolute Gasteiger partial charge is 0.265 e. The van der Waals surface area contributed by atoms with Gasteiger partial charge in [0.25, 0.3) is 11.8 Å². The van der Waals surface area contributed by atoms with Crippen molar-refractivity contribution in [3.63, 3.8) is 0 Å². The summed E-state index contributed by atoms with van der Waals surface area (Å²) < 4.78 is 17.7. The second kappa shape index (κ2) is 15.5. The van der Waals surface area contributed by atoms with Crippen LogP contribution in [-0.4, -0.2) is 24.0 Å². The van der Waals surface area contributed by atoms with Crippen LogP contribution in [0.2, 0.25) is 0 Å². The number of benzene rings is 6. The van der Waals surface area contributed by atoms with Gasteiger partial charge in [0.1, 0.15) is 23.0 Å². The Morgan fingerprint density at radius 2 is 0.714 bits per heavy atom. The molecule has 0 bridgehead atoms. The van der Waals surface area contributed by atoms with Crippen molar-refractivity contribution < 1.29 is 23.8 Å². The average molecular weight is 649 g/mol. The van der Waals surface area contributed by atoms with Crippen molar-refractivity contribution in [2.45, 2.75) is 26.1 Å². The first-order chi connectivity index (χ1) is 23.9. The highest BCUT2D eigenvalue weighted by Gasteiger charge is 2.16. The molecule has 0 aliphatic heterocycles. The molecule has 49 heavy (non-hydrogen) atoms. The maximum atomic E-state index is 12.8. The fourth-order valence-electron chi connectivity index (χ4n) is 5.06. The topological polar surface area (TPSA) is 85.9 Å². The minimum absolute atomic E-state index is 0.265. The highest BCUT2D eigenvalue weighted by atomic mass is 16.5. The zero-order chi connectivity index (χ0) is 34.0. The molecule has 0 aromatic heterocycles. The van der Waals surface area contributed by atoms with Gasteiger partial charge in [-0.25, -0.2) is 0 Å². The Morgan fingerprint density at radius 1 is 0.408 bits per heavy atom. The first kappa shape index (κ1) is 32.6. The fraction of sp³-hybridized carbons (Fsp3) is 0.0952. The lowest BCUT2D eigenvalue weighted by molar-refractivity contribution is -0.122. The van der Waals surface area contributed by atoms with E-state index in [0.29, 0.717) is 34.4 Å². The highest BCUT2D eigenvalue weighted by molar-refractivity contribution is 5.94. The Balaban J connectivity index is 0.950. The molecule has 0 fully saturated rings. The predicted molar refractivity (Wildman–Crippen MR) is 194 cm³/mol. The Morgan fingerprint density at radius 3 is 1.06 bits per heavy atom. The largest absolute Gasteiger partial charge is 0.481 e. The summed E-state index contributed by atoms with van der Waals surface area (Å²) >= 11 is 0. The van der Waals surface area contributed by atoms with Crippen LogP contribution in [-0.2, 0) is 9.59 Å². The normalized spacial score (nSPS) is 11.9. The Labute approximate surface area is 286 Å². The highest BCUT2D eigenvalue weighted by Crippen LogP contribution is 2.27. The second-order valence-electron chi connectivity index (χ2n) is 11.4. The molecule has 6 aromatic rings. The van der Waals surface area contributed by atoms with Crippen LogP contribution in [0.5, 0.6) is 23.0 Å². The van der Waals surface area contributed by atoms with Gasteiger partial charge in [0, 0.05) is 11.4 Å². The van der Waals surface area contributed by atoms with Gasteiger partial charge in [0.2, 0.25) is 0 Å². The summed E-state index contributed by atoms with van der Waals surface area (Å²) in [5, 5.41) is 5.76. The van der Waals surface area contributed by atoms with Gasteiger partial charge in [-0.1, -0.05) is 84.9 Å². The molecule has 0 radical (unpaired) electrons. The van der Waals surface area contributed by atoms with Crippen molar-refractivity contribution >= 4 is 23.2 Å². The van der Waals surface area contributed by atoms with Crippen molar-refractivity contribution in [2.75, 3.05) is 10.6 Å². The van der Waals surface area contributed by atoms with Crippen molar-refractivity contribution in [3.05, 3.63) is 158 Å². The van der Waals surface area contributed by atoms with Gasteiger partial charge in [0.15, 0.2) is 12.2 Å². The van der Waals surface area contributed by atoms with Crippen LogP contribution >= 0.6 is 0 Å². The van der Waals surface area contributed by atoms with Gasteiger partial charge in [-0.2, -0.15) is 0 Å². The van der Waals surface area contributed by atoms with E-state index in [0.717, 1.165) is 22.3 Å². The summed E-state index contributed by atoms with van der Waals surface area (Å²) in [6.45, 7) is 3.42. The molecule has 7 heteroatoms.